The van der Waals surface area contributed by atoms with E-state index in [9.17, 15) is 0 Å². The summed E-state index contributed by atoms with van der Waals surface area (Å²) in [5.74, 6) is 0. The van der Waals surface area contributed by atoms with Gasteiger partial charge in [-0.3, -0.25) is 0 Å². The highest BCUT2D eigenvalue weighted by atomic mass is 16.7. The van der Waals surface area contributed by atoms with Crippen LogP contribution in [0.2, 0.25) is 0 Å². The maximum Gasteiger partial charge on any atom is 0.147 e. The molecule has 0 amide bonds. The van der Waals surface area contributed by atoms with Crippen molar-refractivity contribution in [1.82, 2.24) is 0 Å². The Morgan fingerprint density at radius 3 is 2.83 bits per heavy atom. The minimum atomic E-state index is 0.197. The van der Waals surface area contributed by atoms with E-state index >= 15 is 0 Å². The molecule has 3 heteroatoms. The summed E-state index contributed by atoms with van der Waals surface area (Å²) in [4.78, 5) is 0. The first kappa shape index (κ1) is 9.96. The summed E-state index contributed by atoms with van der Waals surface area (Å²) in [5, 5.41) is 0. The molecule has 1 heterocycles. The van der Waals surface area contributed by atoms with Gasteiger partial charge in [0, 0.05) is 6.42 Å². The zero-order valence-electron chi connectivity index (χ0n) is 8.08. The van der Waals surface area contributed by atoms with E-state index in [1.54, 1.807) is 0 Å². The van der Waals surface area contributed by atoms with Gasteiger partial charge in [0.15, 0.2) is 0 Å². The molecule has 0 aliphatic carbocycles. The third-order valence-corrected chi connectivity index (χ3v) is 1.80. The van der Waals surface area contributed by atoms with E-state index in [4.69, 9.17) is 14.2 Å². The lowest BCUT2D eigenvalue weighted by atomic mass is 10.2. The van der Waals surface area contributed by atoms with Crippen LogP contribution >= 0.6 is 0 Å². The molecule has 1 rings (SSSR count). The Morgan fingerprint density at radius 1 is 1.42 bits per heavy atom. The van der Waals surface area contributed by atoms with Crippen molar-refractivity contribution in [1.29, 1.82) is 0 Å². The van der Waals surface area contributed by atoms with Crippen molar-refractivity contribution in [3.8, 4) is 0 Å². The van der Waals surface area contributed by atoms with Crippen LogP contribution in [0.1, 0.15) is 27.2 Å². The van der Waals surface area contributed by atoms with E-state index in [0.29, 0.717) is 13.4 Å². The summed E-state index contributed by atoms with van der Waals surface area (Å²) in [5.41, 5.74) is 0. The highest BCUT2D eigenvalue weighted by Crippen LogP contribution is 2.12. The third kappa shape index (κ3) is 3.52. The SMILES string of the molecule is CC(C)OC1COCOC(C)C1. The van der Waals surface area contributed by atoms with E-state index in [1.165, 1.54) is 0 Å². The molecule has 0 aromatic carbocycles. The van der Waals surface area contributed by atoms with Gasteiger partial charge in [0.25, 0.3) is 0 Å². The monoisotopic (exact) mass is 174 g/mol. The molecule has 0 N–H and O–H groups in total. The number of hydrogen-bond donors (Lipinski definition) is 0. The molecule has 2 unspecified atom stereocenters. The Balaban J connectivity index is 2.31. The fourth-order valence-corrected chi connectivity index (χ4v) is 1.33. The lowest BCUT2D eigenvalue weighted by molar-refractivity contribution is -0.0732. The first-order chi connectivity index (χ1) is 5.68. The van der Waals surface area contributed by atoms with E-state index in [2.05, 4.69) is 0 Å². The van der Waals surface area contributed by atoms with Crippen molar-refractivity contribution in [3.63, 3.8) is 0 Å². The van der Waals surface area contributed by atoms with Crippen molar-refractivity contribution in [2.24, 2.45) is 0 Å². The Morgan fingerprint density at radius 2 is 2.17 bits per heavy atom. The second kappa shape index (κ2) is 4.80. The van der Waals surface area contributed by atoms with Gasteiger partial charge in [-0.1, -0.05) is 0 Å². The Labute approximate surface area is 74.0 Å². The van der Waals surface area contributed by atoms with Gasteiger partial charge in [0.2, 0.25) is 0 Å². The predicted molar refractivity (Wildman–Crippen MR) is 46.0 cm³/mol. The molecule has 1 fully saturated rings. The Hall–Kier alpha value is -0.120. The molecule has 0 radical (unpaired) electrons. The standard InChI is InChI=1S/C9H18O3/c1-7(2)12-9-4-8(3)11-6-10-5-9/h7-9H,4-6H2,1-3H3. The van der Waals surface area contributed by atoms with Crippen LogP contribution in [0.25, 0.3) is 0 Å². The van der Waals surface area contributed by atoms with Crippen molar-refractivity contribution >= 4 is 0 Å². The molecule has 72 valence electrons. The van der Waals surface area contributed by atoms with Crippen LogP contribution in [0, 0.1) is 0 Å². The van der Waals surface area contributed by atoms with Crippen molar-refractivity contribution in [2.45, 2.75) is 45.5 Å². The highest BCUT2D eigenvalue weighted by Gasteiger charge is 2.19. The zero-order valence-corrected chi connectivity index (χ0v) is 8.08. The molecule has 12 heavy (non-hydrogen) atoms. The van der Waals surface area contributed by atoms with Crippen LogP contribution in [0.4, 0.5) is 0 Å². The number of rotatable bonds is 2. The number of hydrogen-bond acceptors (Lipinski definition) is 3. The first-order valence-corrected chi connectivity index (χ1v) is 4.53. The second-order valence-electron chi connectivity index (χ2n) is 3.51. The highest BCUT2D eigenvalue weighted by molar-refractivity contribution is 4.65. The fraction of sp³-hybridized carbons (Fsp3) is 1.00. The summed E-state index contributed by atoms with van der Waals surface area (Å²) >= 11 is 0. The van der Waals surface area contributed by atoms with Crippen LogP contribution in [-0.4, -0.2) is 31.7 Å². The lowest BCUT2D eigenvalue weighted by Crippen LogP contribution is -2.24. The molecule has 2 atom stereocenters. The molecule has 3 nitrogen and oxygen atoms in total. The third-order valence-electron chi connectivity index (χ3n) is 1.80. The maximum absolute atomic E-state index is 5.64. The van der Waals surface area contributed by atoms with Gasteiger partial charge in [-0.05, 0) is 20.8 Å². The van der Waals surface area contributed by atoms with Crippen molar-refractivity contribution < 1.29 is 14.2 Å². The minimum absolute atomic E-state index is 0.197. The van der Waals surface area contributed by atoms with Gasteiger partial charge in [0.1, 0.15) is 6.79 Å². The molecule has 0 aromatic heterocycles. The van der Waals surface area contributed by atoms with Gasteiger partial charge >= 0.3 is 0 Å². The molecule has 0 aromatic rings. The average Bonchev–Trinajstić information content (AvgIpc) is 2.12. The molecule has 0 bridgehead atoms. The van der Waals surface area contributed by atoms with Crippen molar-refractivity contribution in [3.05, 3.63) is 0 Å². The van der Waals surface area contributed by atoms with Crippen LogP contribution < -0.4 is 0 Å². The summed E-state index contributed by atoms with van der Waals surface area (Å²) in [6.45, 7) is 7.18. The average molecular weight is 174 g/mol. The zero-order chi connectivity index (χ0) is 8.97. The van der Waals surface area contributed by atoms with Gasteiger partial charge < -0.3 is 14.2 Å². The van der Waals surface area contributed by atoms with Gasteiger partial charge in [-0.25, -0.2) is 0 Å². The largest absolute Gasteiger partial charge is 0.373 e. The molecule has 1 saturated heterocycles. The topological polar surface area (TPSA) is 27.7 Å². The van der Waals surface area contributed by atoms with E-state index in [1.807, 2.05) is 20.8 Å². The lowest BCUT2D eigenvalue weighted by Gasteiger charge is -2.18. The summed E-state index contributed by atoms with van der Waals surface area (Å²) in [6.07, 6.45) is 1.64. The van der Waals surface area contributed by atoms with Crippen LogP contribution in [0.5, 0.6) is 0 Å². The first-order valence-electron chi connectivity index (χ1n) is 4.53. The maximum atomic E-state index is 5.64. The van der Waals surface area contributed by atoms with E-state index < -0.39 is 0 Å². The molecule has 0 saturated carbocycles. The number of ether oxygens (including phenoxy) is 3. The Kier molecular flexibility index (Phi) is 3.98. The molecular weight excluding hydrogens is 156 g/mol. The van der Waals surface area contributed by atoms with Gasteiger partial charge in [-0.15, -0.1) is 0 Å². The summed E-state index contributed by atoms with van der Waals surface area (Å²) in [7, 11) is 0. The predicted octanol–water partition coefficient (Wildman–Crippen LogP) is 1.56. The van der Waals surface area contributed by atoms with Gasteiger partial charge in [-0.2, -0.15) is 0 Å². The van der Waals surface area contributed by atoms with E-state index in [0.717, 1.165) is 6.42 Å². The quantitative estimate of drug-likeness (QED) is 0.636. The van der Waals surface area contributed by atoms with Crippen LogP contribution in [0.3, 0.4) is 0 Å². The molecule has 1 aliphatic heterocycles. The van der Waals surface area contributed by atoms with Crippen LogP contribution in [-0.2, 0) is 14.2 Å². The minimum Gasteiger partial charge on any atom is -0.373 e. The molecular formula is C9H18O3. The van der Waals surface area contributed by atoms with E-state index in [-0.39, 0.29) is 18.3 Å². The molecule has 1 aliphatic rings. The van der Waals surface area contributed by atoms with Gasteiger partial charge in [0.05, 0.1) is 24.9 Å². The normalized spacial score (nSPS) is 32.0. The summed E-state index contributed by atoms with van der Waals surface area (Å²) < 4.78 is 16.2. The molecule has 0 spiro atoms. The smallest absolute Gasteiger partial charge is 0.147 e. The van der Waals surface area contributed by atoms with Crippen molar-refractivity contribution in [2.75, 3.05) is 13.4 Å². The summed E-state index contributed by atoms with van der Waals surface area (Å²) in [6, 6.07) is 0. The van der Waals surface area contributed by atoms with Crippen LogP contribution in [0.15, 0.2) is 0 Å². The Bertz CT molecular complexity index is 125. The second-order valence-corrected chi connectivity index (χ2v) is 3.51. The fourth-order valence-electron chi connectivity index (χ4n) is 1.33.